The number of ether oxygens (including phenoxy) is 2. The number of carbonyl (C=O) groups excluding carboxylic acids is 2. The number of halogens is 4. The van der Waals surface area contributed by atoms with Crippen molar-refractivity contribution in [2.24, 2.45) is 4.99 Å². The highest BCUT2D eigenvalue weighted by Crippen LogP contribution is 2.41. The number of thioether (sulfide) groups is 1. The number of amides is 2. The first kappa shape index (κ1) is 31.9. The lowest BCUT2D eigenvalue weighted by molar-refractivity contribution is -0.118. The van der Waals surface area contributed by atoms with E-state index in [0.717, 1.165) is 5.56 Å². The molecule has 4 aromatic carbocycles. The van der Waals surface area contributed by atoms with E-state index in [1.807, 2.05) is 13.0 Å². The number of hydrogen-bond donors (Lipinski definition) is 1. The Kier molecular flexibility index (Phi) is 10.2. The van der Waals surface area contributed by atoms with Crippen LogP contribution in [0.5, 0.6) is 11.5 Å². The van der Waals surface area contributed by atoms with Gasteiger partial charge in [0.25, 0.3) is 11.8 Å². The Labute approximate surface area is 281 Å². The predicted molar refractivity (Wildman–Crippen MR) is 184 cm³/mol. The molecule has 5 rings (SSSR count). The molecule has 1 N–H and O–H groups in total. The molecule has 2 amide bonds. The van der Waals surface area contributed by atoms with Gasteiger partial charge in [-0.3, -0.25) is 14.5 Å². The highest BCUT2D eigenvalue weighted by atomic mass is 79.9. The van der Waals surface area contributed by atoms with Gasteiger partial charge in [-0.1, -0.05) is 40.9 Å². The van der Waals surface area contributed by atoms with Crippen LogP contribution in [0, 0.1) is 6.92 Å². The van der Waals surface area contributed by atoms with E-state index in [1.54, 1.807) is 78.9 Å². The molecule has 1 fully saturated rings. The van der Waals surface area contributed by atoms with Crippen LogP contribution in [0.4, 0.5) is 17.1 Å². The fourth-order valence-corrected chi connectivity index (χ4v) is 6.12. The molecule has 1 heterocycles. The molecule has 0 bridgehead atoms. The number of carbonyl (C=O) groups is 2. The highest BCUT2D eigenvalue weighted by Gasteiger charge is 2.35. The van der Waals surface area contributed by atoms with Gasteiger partial charge in [0.1, 0.15) is 0 Å². The summed E-state index contributed by atoms with van der Waals surface area (Å²) in [5.41, 5.74) is 3.40. The molecule has 0 unspecified atom stereocenters. The molecule has 0 saturated carbocycles. The molecule has 0 radical (unpaired) electrons. The highest BCUT2D eigenvalue weighted by molar-refractivity contribution is 9.10. The fourth-order valence-electron chi connectivity index (χ4n) is 4.11. The van der Waals surface area contributed by atoms with Crippen LogP contribution in [-0.4, -0.2) is 30.7 Å². The molecule has 0 aliphatic carbocycles. The molecule has 0 spiro atoms. The van der Waals surface area contributed by atoms with Crippen LogP contribution in [0.1, 0.15) is 11.1 Å². The lowest BCUT2D eigenvalue weighted by Crippen LogP contribution is -2.28. The predicted octanol–water partition coefficient (Wildman–Crippen LogP) is 9.55. The van der Waals surface area contributed by atoms with Crippen molar-refractivity contribution in [2.75, 3.05) is 23.9 Å². The van der Waals surface area contributed by atoms with Gasteiger partial charge in [0.2, 0.25) is 0 Å². The Balaban J connectivity index is 1.39. The van der Waals surface area contributed by atoms with Gasteiger partial charge in [-0.2, -0.15) is 0 Å². The van der Waals surface area contributed by atoms with E-state index in [2.05, 4.69) is 21.2 Å². The lowest BCUT2D eigenvalue weighted by Gasteiger charge is -2.15. The Morgan fingerprint density at radius 2 is 1.68 bits per heavy atom. The van der Waals surface area contributed by atoms with Crippen molar-refractivity contribution < 1.29 is 19.1 Å². The number of aliphatic imine (C=N–C) groups is 1. The van der Waals surface area contributed by atoms with Crippen LogP contribution in [-0.2, 0) is 9.59 Å². The van der Waals surface area contributed by atoms with E-state index in [1.165, 1.54) is 23.8 Å². The average molecular weight is 732 g/mol. The van der Waals surface area contributed by atoms with Crippen molar-refractivity contribution in [1.82, 2.24) is 0 Å². The second-order valence-corrected chi connectivity index (χ2v) is 12.6. The van der Waals surface area contributed by atoms with Gasteiger partial charge in [-0.05, 0) is 125 Å². The normalized spacial score (nSPS) is 14.8. The first-order chi connectivity index (χ1) is 21.1. The molecular weight excluding hydrogens is 709 g/mol. The molecule has 1 aliphatic rings. The molecule has 1 saturated heterocycles. The maximum Gasteiger partial charge on any atom is 0.271 e. The number of anilines is 2. The molecular formula is C32H23BrCl3N3O4S. The number of benzene rings is 4. The minimum absolute atomic E-state index is 0.256. The summed E-state index contributed by atoms with van der Waals surface area (Å²) in [5.74, 6) is 0.0866. The van der Waals surface area contributed by atoms with Crippen molar-refractivity contribution >= 4 is 103 Å². The van der Waals surface area contributed by atoms with Gasteiger partial charge in [0.05, 0.1) is 27.9 Å². The fraction of sp³-hybridized carbons (Fsp3) is 0.0938. The standard InChI is InChI=1S/C32H23BrCl3N3O4S/c1-18-3-8-23(16-26(18)36)37-29(40)17-43-30-25(33)13-19(14-27(30)42-2)15-28-31(41)39(24-11-6-21(35)7-12-24)32(44-28)38-22-9-4-20(34)5-10-22/h3-16H,17H2,1-2H3,(H,37,40)/b28-15-,38-32?. The molecule has 1 aliphatic heterocycles. The maximum atomic E-state index is 13.7. The van der Waals surface area contributed by atoms with Gasteiger partial charge >= 0.3 is 0 Å². The van der Waals surface area contributed by atoms with Gasteiger partial charge in [-0.15, -0.1) is 0 Å². The molecule has 44 heavy (non-hydrogen) atoms. The van der Waals surface area contributed by atoms with Crippen molar-refractivity contribution in [3.05, 3.63) is 114 Å². The number of aryl methyl sites for hydroxylation is 1. The smallest absolute Gasteiger partial charge is 0.271 e. The van der Waals surface area contributed by atoms with E-state index in [-0.39, 0.29) is 18.4 Å². The Morgan fingerprint density at radius 3 is 2.34 bits per heavy atom. The molecule has 0 atom stereocenters. The van der Waals surface area contributed by atoms with E-state index >= 15 is 0 Å². The maximum absolute atomic E-state index is 13.7. The van der Waals surface area contributed by atoms with Crippen LogP contribution in [0.2, 0.25) is 15.1 Å². The van der Waals surface area contributed by atoms with Gasteiger partial charge in [-0.25, -0.2) is 4.99 Å². The van der Waals surface area contributed by atoms with E-state index in [0.29, 0.717) is 63.7 Å². The van der Waals surface area contributed by atoms with Crippen molar-refractivity contribution in [2.45, 2.75) is 6.92 Å². The Morgan fingerprint density at radius 1 is 1.00 bits per heavy atom. The zero-order valence-corrected chi connectivity index (χ0v) is 27.9. The average Bonchev–Trinajstić information content (AvgIpc) is 3.29. The summed E-state index contributed by atoms with van der Waals surface area (Å²) in [6.07, 6.45) is 1.74. The summed E-state index contributed by atoms with van der Waals surface area (Å²) in [4.78, 5) is 33.0. The molecule has 4 aromatic rings. The summed E-state index contributed by atoms with van der Waals surface area (Å²) in [6, 6.07) is 22.7. The molecule has 0 aromatic heterocycles. The summed E-state index contributed by atoms with van der Waals surface area (Å²) in [5, 5.41) is 4.92. The number of methoxy groups -OCH3 is 1. The number of nitrogens with zero attached hydrogens (tertiary/aromatic N) is 2. The van der Waals surface area contributed by atoms with E-state index < -0.39 is 0 Å². The third-order valence-corrected chi connectivity index (χ3v) is 8.76. The van der Waals surface area contributed by atoms with Crippen molar-refractivity contribution in [3.8, 4) is 11.5 Å². The zero-order valence-electron chi connectivity index (χ0n) is 23.2. The minimum atomic E-state index is -0.368. The summed E-state index contributed by atoms with van der Waals surface area (Å²) >= 11 is 23.1. The van der Waals surface area contributed by atoms with Gasteiger partial charge in [0.15, 0.2) is 23.3 Å². The van der Waals surface area contributed by atoms with Crippen molar-refractivity contribution in [3.63, 3.8) is 0 Å². The number of nitrogens with one attached hydrogen (secondary N) is 1. The number of hydrogen-bond acceptors (Lipinski definition) is 6. The van der Waals surface area contributed by atoms with Gasteiger partial charge < -0.3 is 14.8 Å². The summed E-state index contributed by atoms with van der Waals surface area (Å²) < 4.78 is 11.9. The second-order valence-electron chi connectivity index (χ2n) is 9.43. The number of rotatable bonds is 8. The van der Waals surface area contributed by atoms with Gasteiger partial charge in [0, 0.05) is 20.8 Å². The van der Waals surface area contributed by atoms with Crippen LogP contribution >= 0.6 is 62.5 Å². The first-order valence-corrected chi connectivity index (χ1v) is 15.8. The molecule has 7 nitrogen and oxygen atoms in total. The minimum Gasteiger partial charge on any atom is -0.493 e. The van der Waals surface area contributed by atoms with Crippen molar-refractivity contribution in [1.29, 1.82) is 0 Å². The topological polar surface area (TPSA) is 80.2 Å². The van der Waals surface area contributed by atoms with E-state index in [4.69, 9.17) is 49.3 Å². The third-order valence-electron chi connectivity index (χ3n) is 6.30. The zero-order chi connectivity index (χ0) is 31.4. The Hall–Kier alpha value is -3.47. The van der Waals surface area contributed by atoms with Crippen LogP contribution in [0.3, 0.4) is 0 Å². The monoisotopic (exact) mass is 729 g/mol. The first-order valence-electron chi connectivity index (χ1n) is 13.0. The third kappa shape index (κ3) is 7.60. The Bertz CT molecular complexity index is 1800. The van der Waals surface area contributed by atoms with Crippen LogP contribution in [0.15, 0.2) is 93.2 Å². The largest absolute Gasteiger partial charge is 0.493 e. The van der Waals surface area contributed by atoms with Crippen LogP contribution < -0.4 is 19.7 Å². The SMILES string of the molecule is COc1cc(/C=C2\SC(=Nc3ccc(Cl)cc3)N(c3ccc(Cl)cc3)C2=O)cc(Br)c1OCC(=O)Nc1ccc(C)c(Cl)c1. The lowest BCUT2D eigenvalue weighted by atomic mass is 10.1. The molecule has 12 heteroatoms. The summed E-state index contributed by atoms with van der Waals surface area (Å²) in [6.45, 7) is 1.61. The molecule has 224 valence electrons. The summed E-state index contributed by atoms with van der Waals surface area (Å²) in [7, 11) is 1.49. The quantitative estimate of drug-likeness (QED) is 0.183. The van der Waals surface area contributed by atoms with E-state index in [9.17, 15) is 9.59 Å². The second kappa shape index (κ2) is 14.1. The van der Waals surface area contributed by atoms with Crippen LogP contribution in [0.25, 0.3) is 6.08 Å². The number of amidine groups is 1.